The zero-order valence-corrected chi connectivity index (χ0v) is 17.7. The molecule has 29 heavy (non-hydrogen) atoms. The fourth-order valence-corrected chi connectivity index (χ4v) is 5.47. The summed E-state index contributed by atoms with van der Waals surface area (Å²) < 4.78 is 9.07. The van der Waals surface area contributed by atoms with Crippen LogP contribution in [-0.4, -0.2) is 55.1 Å². The maximum atomic E-state index is 12.6. The van der Waals surface area contributed by atoms with Gasteiger partial charge in [0.2, 0.25) is 11.2 Å². The van der Waals surface area contributed by atoms with E-state index in [0.29, 0.717) is 17.9 Å². The molecular weight excluding hydrogens is 416 g/mol. The molecule has 2 aliphatic rings. The van der Waals surface area contributed by atoms with E-state index in [0.717, 1.165) is 4.83 Å². The van der Waals surface area contributed by atoms with Gasteiger partial charge in [0.1, 0.15) is 41.7 Å². The summed E-state index contributed by atoms with van der Waals surface area (Å²) >= 11 is 3.03. The highest BCUT2D eigenvalue weighted by molar-refractivity contribution is 8.00. The van der Waals surface area contributed by atoms with Crippen molar-refractivity contribution in [2.75, 3.05) is 5.75 Å². The van der Waals surface area contributed by atoms with Crippen molar-refractivity contribution in [2.24, 2.45) is 0 Å². The van der Waals surface area contributed by atoms with E-state index in [9.17, 15) is 19.5 Å². The number of imidazole rings is 1. The Morgan fingerprint density at radius 2 is 2.17 bits per heavy atom. The number of nitrogens with zero attached hydrogens (tertiary/aromatic N) is 3. The quantitative estimate of drug-likeness (QED) is 0.554. The third-order valence-corrected chi connectivity index (χ3v) is 6.66. The van der Waals surface area contributed by atoms with Crippen LogP contribution in [0.2, 0.25) is 0 Å². The van der Waals surface area contributed by atoms with Crippen LogP contribution in [0.1, 0.15) is 20.8 Å². The molecule has 2 atom stereocenters. The Balaban J connectivity index is 1.53. The molecule has 2 N–H and O–H groups in total. The molecule has 0 aromatic carbocycles. The number of ether oxygens (including phenoxy) is 1. The fraction of sp³-hybridized carbons (Fsp3) is 0.444. The third kappa shape index (κ3) is 3.71. The largest absolute Gasteiger partial charge is 0.477 e. The van der Waals surface area contributed by atoms with Gasteiger partial charge in [-0.05, 0) is 20.8 Å². The number of hydrogen-bond acceptors (Lipinski definition) is 6. The molecule has 1 fully saturated rings. The van der Waals surface area contributed by atoms with E-state index in [1.807, 2.05) is 33.1 Å². The molecule has 0 bridgehead atoms. The van der Waals surface area contributed by atoms with E-state index in [-0.39, 0.29) is 5.70 Å². The fourth-order valence-electron chi connectivity index (χ4n) is 3.37. The zero-order chi connectivity index (χ0) is 20.9. The van der Waals surface area contributed by atoms with Gasteiger partial charge in [-0.15, -0.1) is 11.8 Å². The second kappa shape index (κ2) is 7.06. The molecular formula is C18H21N4O5S2+. The molecule has 9 nitrogen and oxygen atoms in total. The van der Waals surface area contributed by atoms with Crippen LogP contribution in [0.4, 0.5) is 4.79 Å². The normalized spacial score (nSPS) is 21.8. The minimum atomic E-state index is -1.14. The first-order valence-corrected chi connectivity index (χ1v) is 10.9. The lowest BCUT2D eigenvalue weighted by Crippen LogP contribution is -2.71. The number of hydrogen-bond donors (Lipinski definition) is 2. The van der Waals surface area contributed by atoms with Gasteiger partial charge < -0.3 is 15.2 Å². The number of amides is 2. The SMILES string of the molecule is CC(C)(C)OC(=O)N[C@@H]1C(=O)N2C(C(=O)O)=C(C[n+]3cc4sccn4c3)CS[C@H]12. The molecule has 11 heteroatoms. The molecule has 0 unspecified atom stereocenters. The molecule has 0 radical (unpaired) electrons. The molecule has 2 aliphatic heterocycles. The summed E-state index contributed by atoms with van der Waals surface area (Å²) in [5, 5.41) is 13.8. The summed E-state index contributed by atoms with van der Waals surface area (Å²) in [6.07, 6.45) is 5.08. The molecule has 0 saturated carbocycles. The molecule has 1 saturated heterocycles. The van der Waals surface area contributed by atoms with Crippen LogP contribution in [0.15, 0.2) is 35.4 Å². The number of aliphatic carboxylic acids is 1. The van der Waals surface area contributed by atoms with Gasteiger partial charge in [0.05, 0.1) is 0 Å². The van der Waals surface area contributed by atoms with Gasteiger partial charge in [0, 0.05) is 16.7 Å². The molecule has 2 aromatic heterocycles. The maximum Gasteiger partial charge on any atom is 0.408 e. The predicted molar refractivity (Wildman–Crippen MR) is 106 cm³/mol. The molecule has 4 rings (SSSR count). The first-order valence-electron chi connectivity index (χ1n) is 8.98. The minimum absolute atomic E-state index is 0.00282. The number of nitrogens with one attached hydrogen (secondary N) is 1. The number of thiazole rings is 1. The monoisotopic (exact) mass is 437 g/mol. The van der Waals surface area contributed by atoms with Crippen LogP contribution >= 0.6 is 23.1 Å². The predicted octanol–water partition coefficient (Wildman–Crippen LogP) is 1.44. The second-order valence-corrected chi connectivity index (χ2v) is 9.89. The first-order chi connectivity index (χ1) is 13.6. The van der Waals surface area contributed by atoms with E-state index in [4.69, 9.17) is 4.74 Å². The number of aromatic nitrogens is 2. The molecule has 2 amide bonds. The number of carboxylic acid groups (broad SMARTS) is 1. The zero-order valence-electron chi connectivity index (χ0n) is 16.1. The highest BCUT2D eigenvalue weighted by Crippen LogP contribution is 2.40. The number of carbonyl (C=O) groups excluding carboxylic acids is 2. The highest BCUT2D eigenvalue weighted by Gasteiger charge is 2.54. The van der Waals surface area contributed by atoms with E-state index in [2.05, 4.69) is 5.32 Å². The van der Waals surface area contributed by atoms with Gasteiger partial charge in [-0.2, -0.15) is 4.40 Å². The van der Waals surface area contributed by atoms with Crippen LogP contribution in [0.5, 0.6) is 0 Å². The number of alkyl carbamates (subject to hydrolysis) is 1. The van der Waals surface area contributed by atoms with Crippen molar-refractivity contribution in [1.82, 2.24) is 14.6 Å². The van der Waals surface area contributed by atoms with Crippen molar-refractivity contribution in [1.29, 1.82) is 0 Å². The number of carboxylic acids is 1. The van der Waals surface area contributed by atoms with Gasteiger partial charge in [-0.3, -0.25) is 9.69 Å². The third-order valence-electron chi connectivity index (χ3n) is 4.51. The number of rotatable bonds is 4. The van der Waals surface area contributed by atoms with E-state index in [1.54, 1.807) is 32.1 Å². The number of β-lactam (4-membered cyclic amide) rings is 1. The Labute approximate surface area is 174 Å². The Bertz CT molecular complexity index is 1010. The summed E-state index contributed by atoms with van der Waals surface area (Å²) in [4.78, 5) is 38.9. The van der Waals surface area contributed by atoms with Crippen molar-refractivity contribution in [3.05, 3.63) is 35.4 Å². The molecule has 154 valence electrons. The molecule has 0 aliphatic carbocycles. The second-order valence-electron chi connectivity index (χ2n) is 7.86. The Kier molecular flexibility index (Phi) is 4.82. The van der Waals surface area contributed by atoms with Crippen LogP contribution in [0, 0.1) is 0 Å². The number of carbonyl (C=O) groups is 3. The smallest absolute Gasteiger partial charge is 0.408 e. The number of fused-ring (bicyclic) bond motifs is 2. The summed E-state index contributed by atoms with van der Waals surface area (Å²) in [6.45, 7) is 5.58. The summed E-state index contributed by atoms with van der Waals surface area (Å²) in [6, 6.07) is -0.793. The van der Waals surface area contributed by atoms with Gasteiger partial charge in [-0.25, -0.2) is 14.2 Å². The van der Waals surface area contributed by atoms with E-state index in [1.165, 1.54) is 16.7 Å². The Morgan fingerprint density at radius 3 is 2.83 bits per heavy atom. The summed E-state index contributed by atoms with van der Waals surface area (Å²) in [7, 11) is 0. The lowest BCUT2D eigenvalue weighted by molar-refractivity contribution is -0.687. The average Bonchev–Trinajstić information content (AvgIpc) is 3.19. The topological polar surface area (TPSA) is 104 Å². The van der Waals surface area contributed by atoms with Crippen molar-refractivity contribution < 1.29 is 28.8 Å². The Hall–Kier alpha value is -2.53. The van der Waals surface area contributed by atoms with Crippen molar-refractivity contribution in [3.63, 3.8) is 0 Å². The summed E-state index contributed by atoms with van der Waals surface area (Å²) in [5.41, 5.74) is -0.0212. The van der Waals surface area contributed by atoms with Gasteiger partial charge in [0.15, 0.2) is 0 Å². The first kappa shape index (κ1) is 19.8. The van der Waals surface area contributed by atoms with Gasteiger partial charge in [-0.1, -0.05) is 11.3 Å². The molecule has 2 aromatic rings. The van der Waals surface area contributed by atoms with E-state index < -0.39 is 35.0 Å². The van der Waals surface area contributed by atoms with Crippen molar-refractivity contribution in [2.45, 2.75) is 44.3 Å². The molecule has 0 spiro atoms. The lowest BCUT2D eigenvalue weighted by atomic mass is 10.0. The van der Waals surface area contributed by atoms with Crippen LogP contribution in [-0.2, 0) is 20.9 Å². The summed E-state index contributed by atoms with van der Waals surface area (Å²) in [5.74, 6) is -1.12. The minimum Gasteiger partial charge on any atom is -0.477 e. The van der Waals surface area contributed by atoms with Crippen LogP contribution in [0.3, 0.4) is 0 Å². The van der Waals surface area contributed by atoms with Gasteiger partial charge in [0.25, 0.3) is 5.91 Å². The van der Waals surface area contributed by atoms with Crippen LogP contribution < -0.4 is 9.88 Å². The van der Waals surface area contributed by atoms with E-state index >= 15 is 0 Å². The maximum absolute atomic E-state index is 12.6. The molecule has 4 heterocycles. The average molecular weight is 438 g/mol. The lowest BCUT2D eigenvalue weighted by Gasteiger charge is -2.49. The van der Waals surface area contributed by atoms with Gasteiger partial charge >= 0.3 is 12.1 Å². The highest BCUT2D eigenvalue weighted by atomic mass is 32.2. The van der Waals surface area contributed by atoms with Crippen LogP contribution in [0.25, 0.3) is 4.83 Å². The standard InChI is InChI=1S/C18H20N4O5S2/c1-18(2,3)27-17(26)19-12-14(23)22-13(16(24)25)10(8-29-15(12)22)6-20-7-11-21(9-20)4-5-28-11/h4-5,7,9,12,15H,6,8H2,1-3H3,(H-,19,24,25,26)/p+1/t12-,15-/m1/s1. The van der Waals surface area contributed by atoms with Crippen molar-refractivity contribution in [3.8, 4) is 0 Å². The number of thioether (sulfide) groups is 1. The Morgan fingerprint density at radius 1 is 1.41 bits per heavy atom. The van der Waals surface area contributed by atoms with Crippen molar-refractivity contribution >= 4 is 45.9 Å².